The quantitative estimate of drug-likeness (QED) is 0.757. The van der Waals surface area contributed by atoms with Crippen molar-refractivity contribution in [3.8, 4) is 5.82 Å². The summed E-state index contributed by atoms with van der Waals surface area (Å²) in [6.45, 7) is 5.66. The Bertz CT molecular complexity index is 944. The molecule has 0 spiro atoms. The summed E-state index contributed by atoms with van der Waals surface area (Å²) >= 11 is 0. The van der Waals surface area contributed by atoms with E-state index in [1.54, 1.807) is 10.9 Å². The van der Waals surface area contributed by atoms with Crippen LogP contribution in [0.2, 0.25) is 0 Å². The summed E-state index contributed by atoms with van der Waals surface area (Å²) in [4.78, 5) is 14.8. The molecule has 1 aliphatic heterocycles. The molecule has 0 atom stereocenters. The van der Waals surface area contributed by atoms with Gasteiger partial charge in [0, 0.05) is 37.1 Å². The number of carbonyl (C=O) groups excluding carboxylic acids is 1. The Balaban J connectivity index is 1.34. The molecule has 1 fully saturated rings. The van der Waals surface area contributed by atoms with Gasteiger partial charge in [0.25, 0.3) is 0 Å². The fraction of sp³-hybridized carbons (Fsp3) is 0.333. The van der Waals surface area contributed by atoms with E-state index in [2.05, 4.69) is 38.5 Å². The van der Waals surface area contributed by atoms with Gasteiger partial charge in [-0.2, -0.15) is 5.10 Å². The number of anilines is 2. The Morgan fingerprint density at radius 1 is 1.07 bits per heavy atom. The van der Waals surface area contributed by atoms with E-state index in [1.165, 1.54) is 5.56 Å². The second-order valence-corrected chi connectivity index (χ2v) is 7.27. The molecule has 1 N–H and O–H groups in total. The molecule has 1 aromatic carbocycles. The monoisotopic (exact) mass is 376 g/mol. The van der Waals surface area contributed by atoms with Crippen molar-refractivity contribution in [1.29, 1.82) is 0 Å². The summed E-state index contributed by atoms with van der Waals surface area (Å²) in [7, 11) is 0. The number of amides is 1. The summed E-state index contributed by atoms with van der Waals surface area (Å²) in [5, 5.41) is 15.8. The normalized spacial score (nSPS) is 14.9. The number of hydrogen-bond acceptors (Lipinski definition) is 5. The molecule has 0 unspecified atom stereocenters. The molecule has 3 heterocycles. The third-order valence-corrected chi connectivity index (χ3v) is 5.21. The van der Waals surface area contributed by atoms with Crippen molar-refractivity contribution >= 4 is 17.4 Å². The number of carbonyl (C=O) groups is 1. The molecule has 1 saturated heterocycles. The van der Waals surface area contributed by atoms with E-state index in [4.69, 9.17) is 0 Å². The van der Waals surface area contributed by atoms with Crippen LogP contribution in [0.1, 0.15) is 24.0 Å². The van der Waals surface area contributed by atoms with Crippen molar-refractivity contribution in [2.24, 2.45) is 5.92 Å². The molecule has 0 radical (unpaired) electrons. The lowest BCUT2D eigenvalue weighted by Crippen LogP contribution is -2.38. The molecule has 28 heavy (non-hydrogen) atoms. The van der Waals surface area contributed by atoms with Gasteiger partial charge < -0.3 is 10.2 Å². The number of nitrogens with one attached hydrogen (secondary N) is 1. The van der Waals surface area contributed by atoms with Crippen LogP contribution in [-0.2, 0) is 4.79 Å². The first-order chi connectivity index (χ1) is 13.6. The van der Waals surface area contributed by atoms with Gasteiger partial charge in [-0.3, -0.25) is 4.79 Å². The van der Waals surface area contributed by atoms with Gasteiger partial charge in [0.2, 0.25) is 5.91 Å². The first-order valence-electron chi connectivity index (χ1n) is 9.57. The lowest BCUT2D eigenvalue weighted by atomic mass is 9.95. The Morgan fingerprint density at radius 3 is 2.46 bits per heavy atom. The highest BCUT2D eigenvalue weighted by Crippen LogP contribution is 2.24. The van der Waals surface area contributed by atoms with Gasteiger partial charge in [0.1, 0.15) is 0 Å². The number of nitrogens with zero attached hydrogens (tertiary/aromatic N) is 5. The summed E-state index contributed by atoms with van der Waals surface area (Å²) in [6.07, 6.45) is 5.16. The molecule has 7 nitrogen and oxygen atoms in total. The number of rotatable bonds is 4. The molecule has 2 aromatic heterocycles. The lowest BCUT2D eigenvalue weighted by Gasteiger charge is -2.32. The van der Waals surface area contributed by atoms with Crippen LogP contribution >= 0.6 is 0 Å². The number of aromatic nitrogens is 4. The van der Waals surface area contributed by atoms with E-state index in [1.807, 2.05) is 43.5 Å². The zero-order valence-corrected chi connectivity index (χ0v) is 16.2. The van der Waals surface area contributed by atoms with Crippen LogP contribution in [-0.4, -0.2) is 39.0 Å². The zero-order valence-electron chi connectivity index (χ0n) is 16.2. The van der Waals surface area contributed by atoms with Crippen LogP contribution in [0.15, 0.2) is 48.8 Å². The summed E-state index contributed by atoms with van der Waals surface area (Å²) in [5.74, 6) is 1.65. The van der Waals surface area contributed by atoms with Crippen LogP contribution in [0.5, 0.6) is 0 Å². The maximum atomic E-state index is 12.7. The molecule has 0 saturated carbocycles. The lowest BCUT2D eigenvalue weighted by molar-refractivity contribution is -0.120. The maximum Gasteiger partial charge on any atom is 0.227 e. The summed E-state index contributed by atoms with van der Waals surface area (Å²) in [5.41, 5.74) is 3.19. The highest BCUT2D eigenvalue weighted by atomic mass is 16.1. The van der Waals surface area contributed by atoms with Crippen molar-refractivity contribution in [2.45, 2.75) is 26.7 Å². The van der Waals surface area contributed by atoms with Gasteiger partial charge in [0.05, 0.1) is 0 Å². The third-order valence-electron chi connectivity index (χ3n) is 5.21. The topological polar surface area (TPSA) is 75.9 Å². The number of piperidine rings is 1. The molecule has 0 bridgehead atoms. The van der Waals surface area contributed by atoms with Gasteiger partial charge in [0.15, 0.2) is 11.6 Å². The first kappa shape index (κ1) is 18.2. The highest BCUT2D eigenvalue weighted by Gasteiger charge is 2.26. The van der Waals surface area contributed by atoms with Crippen molar-refractivity contribution in [3.63, 3.8) is 0 Å². The Kier molecular flexibility index (Phi) is 5.06. The van der Waals surface area contributed by atoms with E-state index in [-0.39, 0.29) is 11.8 Å². The SMILES string of the molecule is Cc1ccc(NC(=O)C2CCN(c3ccc(-n4cccn4)nn3)CC2)c(C)c1. The average molecular weight is 376 g/mol. The average Bonchev–Trinajstić information content (AvgIpc) is 3.25. The van der Waals surface area contributed by atoms with Crippen LogP contribution in [0.25, 0.3) is 5.82 Å². The van der Waals surface area contributed by atoms with Crippen LogP contribution in [0, 0.1) is 19.8 Å². The van der Waals surface area contributed by atoms with Gasteiger partial charge in [-0.25, -0.2) is 4.68 Å². The minimum Gasteiger partial charge on any atom is -0.355 e. The van der Waals surface area contributed by atoms with E-state index >= 15 is 0 Å². The van der Waals surface area contributed by atoms with Gasteiger partial charge >= 0.3 is 0 Å². The summed E-state index contributed by atoms with van der Waals surface area (Å²) in [6, 6.07) is 11.8. The molecule has 144 valence electrons. The van der Waals surface area contributed by atoms with E-state index in [9.17, 15) is 4.79 Å². The Labute approximate surface area is 164 Å². The van der Waals surface area contributed by atoms with Gasteiger partial charge in [-0.1, -0.05) is 17.7 Å². The number of aryl methyl sites for hydroxylation is 2. The molecule has 7 heteroatoms. The van der Waals surface area contributed by atoms with E-state index < -0.39 is 0 Å². The zero-order chi connectivity index (χ0) is 19.5. The second-order valence-electron chi connectivity index (χ2n) is 7.27. The largest absolute Gasteiger partial charge is 0.355 e. The number of benzene rings is 1. The standard InChI is InChI=1S/C21H24N6O/c1-15-4-5-18(16(2)14-15)23-21(28)17-8-12-26(13-9-17)19-6-7-20(25-24-19)27-11-3-10-22-27/h3-7,10-11,14,17H,8-9,12-13H2,1-2H3,(H,23,28). The second kappa shape index (κ2) is 7.80. The molecule has 4 rings (SSSR count). The smallest absolute Gasteiger partial charge is 0.227 e. The molecular weight excluding hydrogens is 352 g/mol. The Morgan fingerprint density at radius 2 is 1.82 bits per heavy atom. The molecular formula is C21H24N6O. The number of hydrogen-bond donors (Lipinski definition) is 1. The van der Waals surface area contributed by atoms with Crippen molar-refractivity contribution in [1.82, 2.24) is 20.0 Å². The van der Waals surface area contributed by atoms with Crippen molar-refractivity contribution in [3.05, 3.63) is 59.9 Å². The van der Waals surface area contributed by atoms with Crippen molar-refractivity contribution in [2.75, 3.05) is 23.3 Å². The van der Waals surface area contributed by atoms with E-state index in [0.29, 0.717) is 5.82 Å². The van der Waals surface area contributed by atoms with Gasteiger partial charge in [-0.05, 0) is 56.5 Å². The molecule has 0 aliphatic carbocycles. The molecule has 1 amide bonds. The molecule has 1 aliphatic rings. The van der Waals surface area contributed by atoms with Crippen LogP contribution < -0.4 is 10.2 Å². The fourth-order valence-corrected chi connectivity index (χ4v) is 3.57. The Hall–Kier alpha value is -3.22. The van der Waals surface area contributed by atoms with E-state index in [0.717, 1.165) is 43.0 Å². The van der Waals surface area contributed by atoms with Crippen LogP contribution in [0.4, 0.5) is 11.5 Å². The van der Waals surface area contributed by atoms with Gasteiger partial charge in [-0.15, -0.1) is 10.2 Å². The summed E-state index contributed by atoms with van der Waals surface area (Å²) < 4.78 is 1.68. The van der Waals surface area contributed by atoms with Crippen LogP contribution in [0.3, 0.4) is 0 Å². The maximum absolute atomic E-state index is 12.7. The van der Waals surface area contributed by atoms with Crippen molar-refractivity contribution < 1.29 is 4.79 Å². The minimum atomic E-state index is 0.0215. The minimum absolute atomic E-state index is 0.0215. The third kappa shape index (κ3) is 3.88. The first-order valence-corrected chi connectivity index (χ1v) is 9.57. The predicted molar refractivity (Wildman–Crippen MR) is 109 cm³/mol. The highest BCUT2D eigenvalue weighted by molar-refractivity contribution is 5.93. The fourth-order valence-electron chi connectivity index (χ4n) is 3.57. The predicted octanol–water partition coefficient (Wildman–Crippen LogP) is 3.13. The molecule has 3 aromatic rings.